The van der Waals surface area contributed by atoms with Crippen molar-refractivity contribution in [1.29, 1.82) is 0 Å². The largest absolute Gasteiger partial charge is 0.506 e. The molecule has 0 amide bonds. The van der Waals surface area contributed by atoms with Gasteiger partial charge in [-0.1, -0.05) is 27.5 Å². The van der Waals surface area contributed by atoms with Crippen LogP contribution in [0.4, 0.5) is 0 Å². The lowest BCUT2D eigenvalue weighted by Crippen LogP contribution is -2.20. The van der Waals surface area contributed by atoms with Crippen LogP contribution in [-0.2, 0) is 0 Å². The number of aromatic hydroxyl groups is 1. The number of benzene rings is 1. The Balaban J connectivity index is 0.00000169. The van der Waals surface area contributed by atoms with Gasteiger partial charge in [-0.3, -0.25) is 0 Å². The minimum Gasteiger partial charge on any atom is -0.506 e. The quantitative estimate of drug-likeness (QED) is 0.784. The second-order valence-electron chi connectivity index (χ2n) is 2.67. The molecule has 0 radical (unpaired) electrons. The molecule has 0 fully saturated rings. The lowest BCUT2D eigenvalue weighted by Gasteiger charge is -2.12. The summed E-state index contributed by atoms with van der Waals surface area (Å²) < 4.78 is 0.772. The summed E-state index contributed by atoms with van der Waals surface area (Å²) in [6.45, 7) is 0.264. The number of hydrogen-bond donors (Lipinski definition) is 3. The molecule has 0 saturated carbocycles. The number of phenolic OH excluding ortho intramolecular Hbond substituents is 1. The van der Waals surface area contributed by atoms with E-state index in [1.54, 1.807) is 12.1 Å². The van der Waals surface area contributed by atoms with Crippen molar-refractivity contribution < 1.29 is 5.11 Å². The van der Waals surface area contributed by atoms with Crippen molar-refractivity contribution in [2.45, 2.75) is 6.04 Å². The lowest BCUT2D eigenvalue weighted by molar-refractivity contribution is 0.462. The number of nitrogens with two attached hydrogens (primary N) is 2. The van der Waals surface area contributed by atoms with Crippen molar-refractivity contribution in [3.63, 3.8) is 0 Å². The fourth-order valence-corrected chi connectivity index (χ4v) is 1.83. The Kier molecular flexibility index (Phi) is 5.78. The van der Waals surface area contributed by atoms with E-state index < -0.39 is 6.04 Å². The molecule has 0 unspecified atom stereocenters. The molecule has 0 aromatic heterocycles. The molecule has 1 aromatic rings. The highest BCUT2D eigenvalue weighted by Gasteiger charge is 2.12. The van der Waals surface area contributed by atoms with Crippen LogP contribution in [0.1, 0.15) is 11.6 Å². The molecule has 5 N–H and O–H groups in total. The summed E-state index contributed by atoms with van der Waals surface area (Å²) in [5.74, 6) is 0.00261. The first kappa shape index (κ1) is 14.0. The van der Waals surface area contributed by atoms with Crippen LogP contribution in [0, 0.1) is 0 Å². The van der Waals surface area contributed by atoms with Crippen LogP contribution in [0.5, 0.6) is 5.75 Å². The third-order valence-electron chi connectivity index (χ3n) is 1.71. The number of phenols is 1. The van der Waals surface area contributed by atoms with Gasteiger partial charge in [0.15, 0.2) is 0 Å². The van der Waals surface area contributed by atoms with E-state index in [1.807, 2.05) is 0 Å². The minimum absolute atomic E-state index is 0. The maximum absolute atomic E-state index is 9.54. The zero-order valence-electron chi connectivity index (χ0n) is 7.21. The Hall–Kier alpha value is -0.000000000000000111. The van der Waals surface area contributed by atoms with Crippen LogP contribution in [0.3, 0.4) is 0 Å². The van der Waals surface area contributed by atoms with E-state index in [0.717, 1.165) is 4.47 Å². The smallest absolute Gasteiger partial charge is 0.139 e. The van der Waals surface area contributed by atoms with Gasteiger partial charge in [-0.15, -0.1) is 12.4 Å². The van der Waals surface area contributed by atoms with Gasteiger partial charge in [-0.25, -0.2) is 0 Å². The first-order chi connectivity index (χ1) is 6.06. The van der Waals surface area contributed by atoms with Crippen molar-refractivity contribution in [3.05, 3.63) is 27.2 Å². The lowest BCUT2D eigenvalue weighted by atomic mass is 10.1. The molecule has 0 aliphatic rings. The molecule has 0 bridgehead atoms. The van der Waals surface area contributed by atoms with Crippen LogP contribution < -0.4 is 11.5 Å². The molecule has 1 atom stereocenters. The molecule has 80 valence electrons. The van der Waals surface area contributed by atoms with Gasteiger partial charge in [0, 0.05) is 22.6 Å². The van der Waals surface area contributed by atoms with Crippen molar-refractivity contribution in [1.82, 2.24) is 0 Å². The van der Waals surface area contributed by atoms with Gasteiger partial charge in [0.2, 0.25) is 0 Å². The molecular weight excluding hydrogens is 291 g/mol. The molecule has 1 rings (SSSR count). The van der Waals surface area contributed by atoms with Gasteiger partial charge >= 0.3 is 0 Å². The van der Waals surface area contributed by atoms with E-state index in [0.29, 0.717) is 5.56 Å². The monoisotopic (exact) mass is 300 g/mol. The number of hydrogen-bond acceptors (Lipinski definition) is 3. The Bertz CT molecular complexity index is 322. The van der Waals surface area contributed by atoms with Crippen LogP contribution in [0.15, 0.2) is 16.6 Å². The molecule has 1 aromatic carbocycles. The van der Waals surface area contributed by atoms with Crippen LogP contribution in [0.2, 0.25) is 5.02 Å². The molecule has 3 nitrogen and oxygen atoms in total. The van der Waals surface area contributed by atoms with E-state index in [1.165, 1.54) is 0 Å². The Morgan fingerprint density at radius 3 is 2.57 bits per heavy atom. The van der Waals surface area contributed by atoms with E-state index in [4.69, 9.17) is 23.1 Å². The van der Waals surface area contributed by atoms with E-state index >= 15 is 0 Å². The van der Waals surface area contributed by atoms with Gasteiger partial charge in [-0.2, -0.15) is 0 Å². The molecule has 6 heteroatoms. The predicted molar refractivity (Wildman–Crippen MR) is 64.0 cm³/mol. The molecule has 0 spiro atoms. The van der Waals surface area contributed by atoms with Crippen LogP contribution in [0.25, 0.3) is 0 Å². The Labute approximate surface area is 102 Å². The Morgan fingerprint density at radius 2 is 2.07 bits per heavy atom. The fraction of sp³-hybridized carbons (Fsp3) is 0.250. The summed E-state index contributed by atoms with van der Waals surface area (Å²) in [4.78, 5) is 0. The van der Waals surface area contributed by atoms with Gasteiger partial charge in [-0.05, 0) is 12.1 Å². The third-order valence-corrected chi connectivity index (χ3v) is 2.46. The maximum Gasteiger partial charge on any atom is 0.139 e. The summed E-state index contributed by atoms with van der Waals surface area (Å²) in [5.41, 5.74) is 11.6. The maximum atomic E-state index is 9.54. The van der Waals surface area contributed by atoms with Crippen molar-refractivity contribution >= 4 is 39.9 Å². The molecule has 14 heavy (non-hydrogen) atoms. The summed E-state index contributed by atoms with van der Waals surface area (Å²) in [7, 11) is 0. The van der Waals surface area contributed by atoms with Gasteiger partial charge in [0.25, 0.3) is 0 Å². The van der Waals surface area contributed by atoms with Crippen LogP contribution >= 0.6 is 39.9 Å². The first-order valence-corrected chi connectivity index (χ1v) is 4.87. The van der Waals surface area contributed by atoms with Crippen LogP contribution in [-0.4, -0.2) is 11.7 Å². The topological polar surface area (TPSA) is 72.3 Å². The second kappa shape index (κ2) is 5.78. The van der Waals surface area contributed by atoms with E-state index in [9.17, 15) is 5.11 Å². The average molecular weight is 302 g/mol. The standard InChI is InChI=1S/C8H10BrClN2O.ClH/c9-4-1-5(7(12)3-11)8(13)6(10)2-4;/h1-2,7,13H,3,11-12H2;1H/t7-;/m0./s1. The van der Waals surface area contributed by atoms with E-state index in [2.05, 4.69) is 15.9 Å². The van der Waals surface area contributed by atoms with Gasteiger partial charge in [0.05, 0.1) is 5.02 Å². The molecular formula is C8H11BrCl2N2O. The number of rotatable bonds is 2. The summed E-state index contributed by atoms with van der Waals surface area (Å²) in [6.07, 6.45) is 0. The third kappa shape index (κ3) is 3.00. The highest BCUT2D eigenvalue weighted by molar-refractivity contribution is 9.10. The van der Waals surface area contributed by atoms with Crippen molar-refractivity contribution in [3.8, 4) is 5.75 Å². The van der Waals surface area contributed by atoms with E-state index in [-0.39, 0.29) is 29.7 Å². The zero-order chi connectivity index (χ0) is 10.0. The average Bonchev–Trinajstić information content (AvgIpc) is 2.10. The SMILES string of the molecule is Cl.NC[C@H](N)c1cc(Br)cc(Cl)c1O. The Morgan fingerprint density at radius 1 is 1.50 bits per heavy atom. The predicted octanol–water partition coefficient (Wildman–Crippen LogP) is 2.19. The van der Waals surface area contributed by atoms with Crippen molar-refractivity contribution in [2.75, 3.05) is 6.54 Å². The zero-order valence-corrected chi connectivity index (χ0v) is 10.4. The number of halogens is 3. The van der Waals surface area contributed by atoms with Crippen molar-refractivity contribution in [2.24, 2.45) is 11.5 Å². The van der Waals surface area contributed by atoms with Gasteiger partial charge in [0.1, 0.15) is 5.75 Å². The molecule has 0 heterocycles. The molecule has 0 aliphatic carbocycles. The van der Waals surface area contributed by atoms with Gasteiger partial charge < -0.3 is 16.6 Å². The highest BCUT2D eigenvalue weighted by Crippen LogP contribution is 2.33. The molecule has 0 saturated heterocycles. The summed E-state index contributed by atoms with van der Waals surface area (Å²) in [6, 6.07) is 2.91. The normalized spacial score (nSPS) is 12.0. The first-order valence-electron chi connectivity index (χ1n) is 3.69. The fourth-order valence-electron chi connectivity index (χ4n) is 0.996. The summed E-state index contributed by atoms with van der Waals surface area (Å²) >= 11 is 9.00. The second-order valence-corrected chi connectivity index (χ2v) is 3.99. The minimum atomic E-state index is -0.394. The highest BCUT2D eigenvalue weighted by atomic mass is 79.9. The summed E-state index contributed by atoms with van der Waals surface area (Å²) in [5, 5.41) is 9.81. The molecule has 0 aliphatic heterocycles.